The van der Waals surface area contributed by atoms with Crippen molar-refractivity contribution in [2.24, 2.45) is 0 Å². The first-order chi connectivity index (χ1) is 12.9. The molecule has 2 fully saturated rings. The van der Waals surface area contributed by atoms with Crippen LogP contribution < -0.4 is 16.2 Å². The monoisotopic (exact) mass is 373 g/mol. The van der Waals surface area contributed by atoms with Crippen molar-refractivity contribution >= 4 is 5.91 Å². The quantitative estimate of drug-likeness (QED) is 0.687. The third-order valence-corrected chi connectivity index (χ3v) is 6.06. The lowest BCUT2D eigenvalue weighted by molar-refractivity contribution is -0.123. The minimum Gasteiger partial charge on any atom is -0.376 e. The number of carbonyl (C=O) groups excluding carboxylic acids is 1. The predicted octanol–water partition coefficient (Wildman–Crippen LogP) is 3.05. The van der Waals surface area contributed by atoms with Gasteiger partial charge in [0.1, 0.15) is 6.04 Å². The Morgan fingerprint density at radius 3 is 2.74 bits per heavy atom. The van der Waals surface area contributed by atoms with Gasteiger partial charge >= 0.3 is 0 Å². The Morgan fingerprint density at radius 2 is 2.04 bits per heavy atom. The molecule has 0 saturated carbocycles. The van der Waals surface area contributed by atoms with Crippen LogP contribution in [0.15, 0.2) is 30.3 Å². The van der Waals surface area contributed by atoms with E-state index in [0.29, 0.717) is 12.6 Å². The minimum absolute atomic E-state index is 0.0579. The van der Waals surface area contributed by atoms with Crippen LogP contribution in [0.5, 0.6) is 0 Å². The van der Waals surface area contributed by atoms with Gasteiger partial charge in [0.15, 0.2) is 0 Å². The number of ether oxygens (including phenoxy) is 1. The molecule has 2 aliphatic rings. The van der Waals surface area contributed by atoms with Crippen molar-refractivity contribution in [1.29, 1.82) is 0 Å². The van der Waals surface area contributed by atoms with Gasteiger partial charge in [0.25, 0.3) is 0 Å². The zero-order valence-corrected chi connectivity index (χ0v) is 17.0. The van der Waals surface area contributed by atoms with Gasteiger partial charge in [-0.1, -0.05) is 43.7 Å². The maximum Gasteiger partial charge on any atom is 0.238 e. The van der Waals surface area contributed by atoms with Crippen LogP contribution in [0.3, 0.4) is 0 Å². The maximum absolute atomic E-state index is 12.6. The zero-order valence-electron chi connectivity index (χ0n) is 17.0. The van der Waals surface area contributed by atoms with E-state index in [2.05, 4.69) is 67.3 Å². The number of hydrazine groups is 1. The molecule has 1 aromatic carbocycles. The Labute approximate surface area is 163 Å². The molecule has 0 aliphatic carbocycles. The summed E-state index contributed by atoms with van der Waals surface area (Å²) in [6.45, 7) is 7.98. The van der Waals surface area contributed by atoms with Gasteiger partial charge in [-0.25, -0.2) is 5.43 Å². The van der Waals surface area contributed by atoms with Crippen LogP contribution in [0.1, 0.15) is 64.9 Å². The van der Waals surface area contributed by atoms with Gasteiger partial charge in [0, 0.05) is 24.6 Å². The Morgan fingerprint density at radius 1 is 1.26 bits per heavy atom. The molecule has 1 amide bonds. The average molecular weight is 374 g/mol. The SMILES string of the molecule is CCCC1CC(C(=O)NCCC2(c3ccccc3)CCOC(C)(C)C2)NN1. The van der Waals surface area contributed by atoms with Gasteiger partial charge in [-0.15, -0.1) is 0 Å². The average Bonchev–Trinajstić information content (AvgIpc) is 3.11. The highest BCUT2D eigenvalue weighted by Gasteiger charge is 2.42. The number of rotatable bonds is 7. The fraction of sp³-hybridized carbons (Fsp3) is 0.682. The van der Waals surface area contributed by atoms with E-state index in [1.807, 2.05) is 0 Å². The second-order valence-electron chi connectivity index (χ2n) is 8.78. The molecule has 5 nitrogen and oxygen atoms in total. The lowest BCUT2D eigenvalue weighted by Gasteiger charge is -2.45. The van der Waals surface area contributed by atoms with Crippen molar-refractivity contribution in [3.8, 4) is 0 Å². The number of nitrogens with one attached hydrogen (secondary N) is 3. The van der Waals surface area contributed by atoms with E-state index in [9.17, 15) is 4.79 Å². The van der Waals surface area contributed by atoms with E-state index in [1.165, 1.54) is 5.56 Å². The number of hydrogen-bond donors (Lipinski definition) is 3. The molecule has 5 heteroatoms. The van der Waals surface area contributed by atoms with Crippen LogP contribution in [-0.2, 0) is 14.9 Å². The van der Waals surface area contributed by atoms with Crippen molar-refractivity contribution in [2.75, 3.05) is 13.2 Å². The van der Waals surface area contributed by atoms with Gasteiger partial charge < -0.3 is 10.1 Å². The molecule has 3 atom stereocenters. The summed E-state index contributed by atoms with van der Waals surface area (Å²) < 4.78 is 5.98. The second-order valence-corrected chi connectivity index (χ2v) is 8.78. The van der Waals surface area contributed by atoms with Crippen molar-refractivity contribution in [1.82, 2.24) is 16.2 Å². The topological polar surface area (TPSA) is 62.4 Å². The van der Waals surface area contributed by atoms with Crippen molar-refractivity contribution < 1.29 is 9.53 Å². The molecule has 27 heavy (non-hydrogen) atoms. The van der Waals surface area contributed by atoms with Crippen molar-refractivity contribution in [3.05, 3.63) is 35.9 Å². The fourth-order valence-electron chi connectivity index (χ4n) is 4.75. The van der Waals surface area contributed by atoms with E-state index in [-0.39, 0.29) is 23.0 Å². The van der Waals surface area contributed by atoms with Crippen LogP contribution >= 0.6 is 0 Å². The molecular formula is C22H35N3O2. The first kappa shape index (κ1) is 20.3. The van der Waals surface area contributed by atoms with Crippen molar-refractivity contribution in [2.45, 2.75) is 82.4 Å². The molecule has 150 valence electrons. The van der Waals surface area contributed by atoms with Crippen LogP contribution in [0.25, 0.3) is 0 Å². The van der Waals surface area contributed by atoms with Gasteiger partial charge in [-0.3, -0.25) is 10.2 Å². The minimum atomic E-state index is -0.137. The molecule has 0 aromatic heterocycles. The Balaban J connectivity index is 1.60. The molecular weight excluding hydrogens is 338 g/mol. The summed E-state index contributed by atoms with van der Waals surface area (Å²) in [4.78, 5) is 12.6. The molecule has 0 radical (unpaired) electrons. The largest absolute Gasteiger partial charge is 0.376 e. The number of carbonyl (C=O) groups is 1. The van der Waals surface area contributed by atoms with Crippen LogP contribution in [0.4, 0.5) is 0 Å². The first-order valence-corrected chi connectivity index (χ1v) is 10.4. The summed E-state index contributed by atoms with van der Waals surface area (Å²) in [7, 11) is 0. The maximum atomic E-state index is 12.6. The summed E-state index contributed by atoms with van der Waals surface area (Å²) in [5.41, 5.74) is 7.68. The lowest BCUT2D eigenvalue weighted by atomic mass is 9.67. The first-order valence-electron chi connectivity index (χ1n) is 10.4. The van der Waals surface area contributed by atoms with Crippen LogP contribution in [0, 0.1) is 0 Å². The standard InChI is InChI=1S/C22H35N3O2/c1-4-8-18-15-19(25-24-18)20(26)23-13-11-22(17-9-6-5-7-10-17)12-14-27-21(2,3)16-22/h5-7,9-10,18-19,24-25H,4,8,11-16H2,1-3H3,(H,23,26). The highest BCUT2D eigenvalue weighted by molar-refractivity contribution is 5.82. The number of amides is 1. The van der Waals surface area contributed by atoms with E-state index < -0.39 is 0 Å². The fourth-order valence-corrected chi connectivity index (χ4v) is 4.75. The Kier molecular flexibility index (Phi) is 6.56. The van der Waals surface area contributed by atoms with E-state index in [1.54, 1.807) is 0 Å². The van der Waals surface area contributed by atoms with E-state index in [0.717, 1.165) is 45.1 Å². The third kappa shape index (κ3) is 5.09. The van der Waals surface area contributed by atoms with E-state index >= 15 is 0 Å². The molecule has 0 bridgehead atoms. The molecule has 3 rings (SSSR count). The van der Waals surface area contributed by atoms with Crippen LogP contribution in [0.2, 0.25) is 0 Å². The lowest BCUT2D eigenvalue weighted by Crippen LogP contribution is -2.47. The summed E-state index contributed by atoms with van der Waals surface area (Å²) in [5, 5.41) is 3.17. The zero-order chi connectivity index (χ0) is 19.3. The predicted molar refractivity (Wildman–Crippen MR) is 108 cm³/mol. The second kappa shape index (κ2) is 8.72. The van der Waals surface area contributed by atoms with Gasteiger partial charge in [-0.05, 0) is 51.5 Å². The molecule has 3 unspecified atom stereocenters. The van der Waals surface area contributed by atoms with E-state index in [4.69, 9.17) is 4.74 Å². The highest BCUT2D eigenvalue weighted by Crippen LogP contribution is 2.43. The molecule has 0 spiro atoms. The number of benzene rings is 1. The smallest absolute Gasteiger partial charge is 0.238 e. The highest BCUT2D eigenvalue weighted by atomic mass is 16.5. The molecule has 2 saturated heterocycles. The van der Waals surface area contributed by atoms with Gasteiger partial charge in [0.2, 0.25) is 5.91 Å². The van der Waals surface area contributed by atoms with Gasteiger partial charge in [-0.2, -0.15) is 0 Å². The summed E-state index contributed by atoms with van der Waals surface area (Å²) >= 11 is 0. The number of hydrogen-bond acceptors (Lipinski definition) is 4. The third-order valence-electron chi connectivity index (χ3n) is 6.06. The van der Waals surface area contributed by atoms with Crippen molar-refractivity contribution in [3.63, 3.8) is 0 Å². The molecule has 2 aliphatic heterocycles. The summed E-state index contributed by atoms with van der Waals surface area (Å²) in [6.07, 6.45) is 6.01. The molecule has 2 heterocycles. The molecule has 3 N–H and O–H groups in total. The summed E-state index contributed by atoms with van der Waals surface area (Å²) in [6, 6.07) is 11.0. The Bertz CT molecular complexity index is 619. The normalized spacial score (nSPS) is 30.2. The van der Waals surface area contributed by atoms with Crippen LogP contribution in [-0.4, -0.2) is 36.7 Å². The Hall–Kier alpha value is -1.43. The molecule has 1 aromatic rings. The summed E-state index contributed by atoms with van der Waals surface area (Å²) in [5.74, 6) is 0.107. The van der Waals surface area contributed by atoms with Gasteiger partial charge in [0.05, 0.1) is 5.60 Å².